The molecule has 2 amide bonds. The molecule has 1 saturated heterocycles. The van der Waals surface area contributed by atoms with Gasteiger partial charge in [-0.3, -0.25) is 9.59 Å². The maximum Gasteiger partial charge on any atom is 0.229 e. The Morgan fingerprint density at radius 1 is 1.33 bits per heavy atom. The quantitative estimate of drug-likeness (QED) is 0.885. The summed E-state index contributed by atoms with van der Waals surface area (Å²) < 4.78 is 10.6. The van der Waals surface area contributed by atoms with Gasteiger partial charge in [-0.2, -0.15) is 0 Å². The molecule has 6 heteroatoms. The third-order valence-corrected chi connectivity index (χ3v) is 3.94. The second-order valence-corrected chi connectivity index (χ2v) is 5.70. The van der Waals surface area contributed by atoms with E-state index in [2.05, 4.69) is 5.32 Å². The first-order valence-electron chi connectivity index (χ1n) is 7.99. The van der Waals surface area contributed by atoms with Gasteiger partial charge in [-0.1, -0.05) is 0 Å². The van der Waals surface area contributed by atoms with Crippen molar-refractivity contribution < 1.29 is 18.7 Å². The van der Waals surface area contributed by atoms with Crippen molar-refractivity contribution in [3.05, 3.63) is 48.4 Å². The zero-order chi connectivity index (χ0) is 16.9. The fraction of sp³-hybridized carbons (Fsp3) is 0.333. The minimum atomic E-state index is -0.348. The summed E-state index contributed by atoms with van der Waals surface area (Å²) in [5.74, 6) is 0.957. The molecule has 1 aliphatic heterocycles. The maximum absolute atomic E-state index is 12.4. The summed E-state index contributed by atoms with van der Waals surface area (Å²) in [5.41, 5.74) is 0.695. The van der Waals surface area contributed by atoms with Gasteiger partial charge in [-0.25, -0.2) is 0 Å². The molecule has 0 bridgehead atoms. The molecule has 0 unspecified atom stereocenters. The van der Waals surface area contributed by atoms with Crippen LogP contribution in [-0.2, 0) is 16.1 Å². The highest BCUT2D eigenvalue weighted by Crippen LogP contribution is 2.23. The second kappa shape index (κ2) is 7.21. The van der Waals surface area contributed by atoms with Crippen LogP contribution in [0.3, 0.4) is 0 Å². The van der Waals surface area contributed by atoms with Crippen LogP contribution in [0, 0.1) is 5.92 Å². The number of nitrogens with one attached hydrogen (secondary N) is 1. The first-order valence-corrected chi connectivity index (χ1v) is 7.99. The summed E-state index contributed by atoms with van der Waals surface area (Å²) in [7, 11) is 0. The number of carbonyl (C=O) groups excluding carboxylic acids is 2. The van der Waals surface area contributed by atoms with E-state index in [1.54, 1.807) is 29.4 Å². The van der Waals surface area contributed by atoms with Gasteiger partial charge >= 0.3 is 0 Å². The van der Waals surface area contributed by atoms with Gasteiger partial charge in [-0.15, -0.1) is 0 Å². The predicted octanol–water partition coefficient (Wildman–Crippen LogP) is 2.67. The molecule has 6 nitrogen and oxygen atoms in total. The smallest absolute Gasteiger partial charge is 0.229 e. The molecule has 0 aliphatic carbocycles. The zero-order valence-electron chi connectivity index (χ0n) is 13.5. The summed E-state index contributed by atoms with van der Waals surface area (Å²) >= 11 is 0. The van der Waals surface area contributed by atoms with Crippen molar-refractivity contribution in [2.75, 3.05) is 18.5 Å². The average Bonchev–Trinajstić information content (AvgIpc) is 3.20. The van der Waals surface area contributed by atoms with Crippen molar-refractivity contribution in [1.29, 1.82) is 0 Å². The van der Waals surface area contributed by atoms with Crippen LogP contribution < -0.4 is 10.1 Å². The molecule has 2 aromatic rings. The summed E-state index contributed by atoms with van der Waals surface area (Å²) in [6.45, 7) is 3.32. The molecular weight excluding hydrogens is 308 g/mol. The first kappa shape index (κ1) is 16.1. The van der Waals surface area contributed by atoms with Crippen molar-refractivity contribution in [1.82, 2.24) is 4.90 Å². The molecular formula is C18H20N2O4. The normalized spacial score (nSPS) is 17.1. The molecule has 0 spiro atoms. The van der Waals surface area contributed by atoms with Crippen molar-refractivity contribution in [2.24, 2.45) is 5.92 Å². The van der Waals surface area contributed by atoms with Crippen LogP contribution in [-0.4, -0.2) is 29.9 Å². The first-order chi connectivity index (χ1) is 11.7. The van der Waals surface area contributed by atoms with Crippen molar-refractivity contribution in [3.63, 3.8) is 0 Å². The molecule has 1 aliphatic rings. The van der Waals surface area contributed by atoms with Gasteiger partial charge in [0.2, 0.25) is 11.8 Å². The van der Waals surface area contributed by atoms with Crippen molar-refractivity contribution >= 4 is 17.5 Å². The van der Waals surface area contributed by atoms with Crippen molar-refractivity contribution in [2.45, 2.75) is 19.9 Å². The number of nitrogens with zero attached hydrogens (tertiary/aromatic N) is 1. The van der Waals surface area contributed by atoms with E-state index in [9.17, 15) is 9.59 Å². The van der Waals surface area contributed by atoms with E-state index in [1.807, 2.05) is 25.1 Å². The highest BCUT2D eigenvalue weighted by Gasteiger charge is 2.34. The Kier molecular flexibility index (Phi) is 4.84. The Hall–Kier alpha value is -2.76. The summed E-state index contributed by atoms with van der Waals surface area (Å²) in [5, 5.41) is 2.86. The Morgan fingerprint density at radius 2 is 2.12 bits per heavy atom. The lowest BCUT2D eigenvalue weighted by Crippen LogP contribution is -2.27. The number of carbonyl (C=O) groups is 2. The number of benzene rings is 1. The number of rotatable bonds is 6. The number of amides is 2. The average molecular weight is 328 g/mol. The molecule has 1 aromatic heterocycles. The van der Waals surface area contributed by atoms with Crippen LogP contribution >= 0.6 is 0 Å². The third kappa shape index (κ3) is 3.76. The van der Waals surface area contributed by atoms with E-state index in [0.717, 1.165) is 11.5 Å². The van der Waals surface area contributed by atoms with E-state index in [1.165, 1.54) is 0 Å². The van der Waals surface area contributed by atoms with E-state index in [0.29, 0.717) is 25.4 Å². The van der Waals surface area contributed by atoms with Crippen LogP contribution in [0.25, 0.3) is 0 Å². The minimum Gasteiger partial charge on any atom is -0.494 e. The van der Waals surface area contributed by atoms with Gasteiger partial charge < -0.3 is 19.4 Å². The molecule has 3 rings (SSSR count). The molecule has 1 atom stereocenters. The second-order valence-electron chi connectivity index (χ2n) is 5.70. The van der Waals surface area contributed by atoms with Crippen LogP contribution in [0.15, 0.2) is 47.1 Å². The molecule has 1 aromatic carbocycles. The highest BCUT2D eigenvalue weighted by atomic mass is 16.5. The Labute approximate surface area is 140 Å². The van der Waals surface area contributed by atoms with Gasteiger partial charge in [-0.05, 0) is 43.3 Å². The number of likely N-dealkylation sites (tertiary alicyclic amines) is 1. The number of anilines is 1. The fourth-order valence-corrected chi connectivity index (χ4v) is 2.74. The van der Waals surface area contributed by atoms with Gasteiger partial charge in [0.05, 0.1) is 25.3 Å². The third-order valence-electron chi connectivity index (χ3n) is 3.94. The van der Waals surface area contributed by atoms with Crippen LogP contribution in [0.2, 0.25) is 0 Å². The van der Waals surface area contributed by atoms with Crippen LogP contribution in [0.4, 0.5) is 5.69 Å². The fourth-order valence-electron chi connectivity index (χ4n) is 2.74. The molecule has 24 heavy (non-hydrogen) atoms. The summed E-state index contributed by atoms with van der Waals surface area (Å²) in [6, 6.07) is 10.8. The number of furan rings is 1. The van der Waals surface area contributed by atoms with Crippen molar-refractivity contribution in [3.8, 4) is 5.75 Å². The van der Waals surface area contributed by atoms with E-state index in [-0.39, 0.29) is 24.2 Å². The Balaban J connectivity index is 1.56. The SMILES string of the molecule is CCOc1ccc(NC(=O)[C@H]2CC(=O)N(Cc3ccco3)C2)cc1. The summed E-state index contributed by atoms with van der Waals surface area (Å²) in [4.78, 5) is 26.1. The van der Waals surface area contributed by atoms with E-state index >= 15 is 0 Å². The monoisotopic (exact) mass is 328 g/mol. The maximum atomic E-state index is 12.4. The highest BCUT2D eigenvalue weighted by molar-refractivity contribution is 5.97. The summed E-state index contributed by atoms with van der Waals surface area (Å²) in [6.07, 6.45) is 1.80. The predicted molar refractivity (Wildman–Crippen MR) is 88.5 cm³/mol. The standard InChI is InChI=1S/C18H20N2O4/c1-2-23-15-7-5-14(6-8-15)19-18(22)13-10-17(21)20(11-13)12-16-4-3-9-24-16/h3-9,13H,2,10-12H2,1H3,(H,19,22)/t13-/m0/s1. The van der Waals surface area contributed by atoms with Gasteiger partial charge in [0.25, 0.3) is 0 Å². The lowest BCUT2D eigenvalue weighted by Gasteiger charge is -2.15. The zero-order valence-corrected chi connectivity index (χ0v) is 13.5. The molecule has 0 radical (unpaired) electrons. The van der Waals surface area contributed by atoms with Gasteiger partial charge in [0, 0.05) is 18.7 Å². The number of hydrogen-bond acceptors (Lipinski definition) is 4. The molecule has 1 N–H and O–H groups in total. The number of ether oxygens (including phenoxy) is 1. The topological polar surface area (TPSA) is 71.8 Å². The lowest BCUT2D eigenvalue weighted by atomic mass is 10.1. The minimum absolute atomic E-state index is 0.0294. The lowest BCUT2D eigenvalue weighted by molar-refractivity contribution is -0.128. The van der Waals surface area contributed by atoms with E-state index in [4.69, 9.17) is 9.15 Å². The molecule has 126 valence electrons. The van der Waals surface area contributed by atoms with E-state index < -0.39 is 0 Å². The Morgan fingerprint density at radius 3 is 2.79 bits per heavy atom. The van der Waals surface area contributed by atoms with Crippen LogP contribution in [0.5, 0.6) is 5.75 Å². The largest absolute Gasteiger partial charge is 0.494 e. The van der Waals surface area contributed by atoms with Crippen LogP contribution in [0.1, 0.15) is 19.1 Å². The Bertz CT molecular complexity index is 694. The molecule has 0 saturated carbocycles. The molecule has 1 fully saturated rings. The van der Waals surface area contributed by atoms with Gasteiger partial charge in [0.15, 0.2) is 0 Å². The number of hydrogen-bond donors (Lipinski definition) is 1. The van der Waals surface area contributed by atoms with Gasteiger partial charge in [0.1, 0.15) is 11.5 Å². The molecule has 2 heterocycles.